The van der Waals surface area contributed by atoms with E-state index in [1.165, 1.54) is 38.5 Å². The Morgan fingerprint density at radius 3 is 1.00 bits per heavy atom. The first kappa shape index (κ1) is 29.6. The maximum atomic E-state index is 3.72. The summed E-state index contributed by atoms with van der Waals surface area (Å²) >= 11 is 0. The molecule has 0 unspecified atom stereocenters. The fraction of sp³-hybridized carbons (Fsp3) is 0.833. The van der Waals surface area contributed by atoms with Gasteiger partial charge < -0.3 is 24.8 Å². The van der Waals surface area contributed by atoms with E-state index >= 15 is 0 Å². The molecule has 0 heterocycles. The topological polar surface area (TPSA) is 60.0 Å². The number of rotatable bonds is 6. The summed E-state index contributed by atoms with van der Waals surface area (Å²) in [5.74, 6) is 0. The fourth-order valence-corrected chi connectivity index (χ4v) is 0.854. The van der Waals surface area contributed by atoms with Gasteiger partial charge in [-0.15, -0.1) is 0 Å². The van der Waals surface area contributed by atoms with Gasteiger partial charge in [0.05, 0.1) is 0 Å². The standard InChI is InChI=1S/2C6H13.2H2O.Ti/c2*1-3-5-6-4-2;;;/h2*1,3-6H2,2H3;2*1H2;/q2*-1;;;+4/p-2. The van der Waals surface area contributed by atoms with Gasteiger partial charge in [-0.1, -0.05) is 52.4 Å². The summed E-state index contributed by atoms with van der Waals surface area (Å²) in [6, 6.07) is 0. The molecule has 3 heteroatoms. The molecule has 0 aliphatic heterocycles. The van der Waals surface area contributed by atoms with E-state index in [0.29, 0.717) is 0 Å². The van der Waals surface area contributed by atoms with Gasteiger partial charge in [-0.25, -0.2) is 0 Å². The van der Waals surface area contributed by atoms with Gasteiger partial charge in [-0.3, -0.25) is 0 Å². The van der Waals surface area contributed by atoms with E-state index in [4.69, 9.17) is 0 Å². The molecule has 0 spiro atoms. The molecule has 0 saturated carbocycles. The molecule has 15 heavy (non-hydrogen) atoms. The molecule has 0 saturated heterocycles. The van der Waals surface area contributed by atoms with E-state index in [2.05, 4.69) is 27.7 Å². The Morgan fingerprint density at radius 1 is 0.667 bits per heavy atom. The maximum Gasteiger partial charge on any atom is 4.00 e. The Balaban J connectivity index is -0.0000000370. The molecule has 0 amide bonds. The van der Waals surface area contributed by atoms with Crippen LogP contribution in [0.3, 0.4) is 0 Å². The first-order chi connectivity index (χ1) is 5.83. The first-order valence-corrected chi connectivity index (χ1v) is 5.41. The third-order valence-electron chi connectivity index (χ3n) is 1.71. The van der Waals surface area contributed by atoms with E-state index in [9.17, 15) is 0 Å². The van der Waals surface area contributed by atoms with Crippen molar-refractivity contribution in [2.24, 2.45) is 0 Å². The van der Waals surface area contributed by atoms with Crippen molar-refractivity contribution in [1.82, 2.24) is 0 Å². The summed E-state index contributed by atoms with van der Waals surface area (Å²) in [5, 5.41) is 0. The second kappa shape index (κ2) is 36.5. The van der Waals surface area contributed by atoms with Crippen LogP contribution < -0.4 is 0 Å². The zero-order valence-electron chi connectivity index (χ0n) is 10.5. The Labute approximate surface area is 112 Å². The van der Waals surface area contributed by atoms with Crippen molar-refractivity contribution in [2.45, 2.75) is 65.2 Å². The van der Waals surface area contributed by atoms with Crippen molar-refractivity contribution in [3.8, 4) is 0 Å². The minimum absolute atomic E-state index is 0. The van der Waals surface area contributed by atoms with Crippen LogP contribution in [0.4, 0.5) is 0 Å². The van der Waals surface area contributed by atoms with Crippen molar-refractivity contribution in [3.63, 3.8) is 0 Å². The molecule has 0 radical (unpaired) electrons. The van der Waals surface area contributed by atoms with Crippen LogP contribution in [0.1, 0.15) is 65.2 Å². The Bertz CT molecular complexity index is 45.6. The average Bonchev–Trinajstić information content (AvgIpc) is 2.12. The van der Waals surface area contributed by atoms with Gasteiger partial charge in [0.15, 0.2) is 0 Å². The molecular weight excluding hydrogens is 224 g/mol. The van der Waals surface area contributed by atoms with E-state index in [1.54, 1.807) is 0 Å². The minimum atomic E-state index is 0. The molecule has 0 aromatic carbocycles. The third kappa shape index (κ3) is 53.1. The molecule has 0 aliphatic rings. The molecular formula is C12H28O2Ti. The number of unbranched alkanes of at least 4 members (excludes halogenated alkanes) is 6. The average molecular weight is 252 g/mol. The Kier molecular flexibility index (Phi) is 72.0. The van der Waals surface area contributed by atoms with E-state index < -0.39 is 0 Å². The van der Waals surface area contributed by atoms with Crippen molar-refractivity contribution in [3.05, 3.63) is 13.8 Å². The smallest absolute Gasteiger partial charge is 0.870 e. The minimum Gasteiger partial charge on any atom is -0.870 e. The van der Waals surface area contributed by atoms with Gasteiger partial charge in [-0.05, 0) is 0 Å². The van der Waals surface area contributed by atoms with Crippen LogP contribution in [-0.2, 0) is 21.7 Å². The SMILES string of the molecule is [CH2-]CCCCC.[CH2-]CCCCC.[OH-].[OH-].[Ti+4]. The first-order valence-electron chi connectivity index (χ1n) is 5.41. The fourth-order valence-electron chi connectivity index (χ4n) is 0.854. The molecule has 0 atom stereocenters. The van der Waals surface area contributed by atoms with Gasteiger partial charge in [-0.2, -0.15) is 12.8 Å². The van der Waals surface area contributed by atoms with Crippen LogP contribution in [0.5, 0.6) is 0 Å². The van der Waals surface area contributed by atoms with Gasteiger partial charge in [0.2, 0.25) is 0 Å². The van der Waals surface area contributed by atoms with Crippen LogP contribution >= 0.6 is 0 Å². The van der Waals surface area contributed by atoms with Crippen molar-refractivity contribution >= 4 is 0 Å². The summed E-state index contributed by atoms with van der Waals surface area (Å²) in [6.07, 6.45) is 10.1. The normalized spacial score (nSPS) is 7.20. The summed E-state index contributed by atoms with van der Waals surface area (Å²) in [7, 11) is 0. The third-order valence-corrected chi connectivity index (χ3v) is 1.71. The van der Waals surface area contributed by atoms with Crippen LogP contribution in [0, 0.1) is 13.8 Å². The number of hydrogen-bond acceptors (Lipinski definition) is 2. The second-order valence-corrected chi connectivity index (χ2v) is 3.12. The zero-order valence-corrected chi connectivity index (χ0v) is 12.0. The summed E-state index contributed by atoms with van der Waals surface area (Å²) in [6.45, 7) is 11.9. The van der Waals surface area contributed by atoms with Gasteiger partial charge in [0.25, 0.3) is 0 Å². The van der Waals surface area contributed by atoms with Crippen LogP contribution in [0.15, 0.2) is 0 Å². The molecule has 0 rings (SSSR count). The summed E-state index contributed by atoms with van der Waals surface area (Å²) in [5.41, 5.74) is 0. The van der Waals surface area contributed by atoms with Gasteiger partial charge in [0.1, 0.15) is 0 Å². The molecule has 92 valence electrons. The molecule has 0 fully saturated rings. The van der Waals surface area contributed by atoms with Crippen LogP contribution in [-0.4, -0.2) is 11.0 Å². The molecule has 2 nitrogen and oxygen atoms in total. The molecule has 0 aliphatic carbocycles. The molecule has 2 N–H and O–H groups in total. The quantitative estimate of drug-likeness (QED) is 0.398. The monoisotopic (exact) mass is 252 g/mol. The van der Waals surface area contributed by atoms with Crippen molar-refractivity contribution < 1.29 is 32.7 Å². The van der Waals surface area contributed by atoms with Crippen molar-refractivity contribution in [2.75, 3.05) is 0 Å². The number of hydrogen-bond donors (Lipinski definition) is 0. The predicted octanol–water partition coefficient (Wildman–Crippen LogP) is 4.45. The Morgan fingerprint density at radius 2 is 0.933 bits per heavy atom. The van der Waals surface area contributed by atoms with E-state index in [0.717, 1.165) is 12.8 Å². The van der Waals surface area contributed by atoms with E-state index in [-0.39, 0.29) is 32.7 Å². The van der Waals surface area contributed by atoms with Crippen LogP contribution in [0.25, 0.3) is 0 Å². The zero-order chi connectivity index (χ0) is 9.66. The molecule has 0 bridgehead atoms. The largest absolute Gasteiger partial charge is 4.00 e. The second-order valence-electron chi connectivity index (χ2n) is 3.12. The predicted molar refractivity (Wildman–Crippen MR) is 62.9 cm³/mol. The molecule has 0 aromatic rings. The van der Waals surface area contributed by atoms with Gasteiger partial charge in [0, 0.05) is 0 Å². The van der Waals surface area contributed by atoms with E-state index in [1.807, 2.05) is 0 Å². The Hall–Kier alpha value is 0.634. The summed E-state index contributed by atoms with van der Waals surface area (Å²) < 4.78 is 0. The van der Waals surface area contributed by atoms with Crippen LogP contribution in [0.2, 0.25) is 0 Å². The van der Waals surface area contributed by atoms with Gasteiger partial charge >= 0.3 is 21.7 Å². The maximum absolute atomic E-state index is 3.72. The summed E-state index contributed by atoms with van der Waals surface area (Å²) in [4.78, 5) is 0. The molecule has 0 aromatic heterocycles. The van der Waals surface area contributed by atoms with Crippen molar-refractivity contribution in [1.29, 1.82) is 0 Å².